The van der Waals surface area contributed by atoms with E-state index in [0.29, 0.717) is 5.02 Å². The van der Waals surface area contributed by atoms with Crippen LogP contribution in [0, 0.1) is 6.92 Å². The molecule has 106 valence electrons. The molecule has 0 amide bonds. The summed E-state index contributed by atoms with van der Waals surface area (Å²) in [4.78, 5) is 0. The maximum atomic E-state index is 6.08. The first kappa shape index (κ1) is 14.9. The first-order valence-electron chi connectivity index (χ1n) is 6.93. The molecule has 3 heteroatoms. The second kappa shape index (κ2) is 7.32. The smallest absolute Gasteiger partial charge is 0.133 e. The van der Waals surface area contributed by atoms with E-state index in [0.717, 1.165) is 42.1 Å². The minimum atomic E-state index is 0.688. The normalized spacial score (nSPS) is 10.6. The highest BCUT2D eigenvalue weighted by molar-refractivity contribution is 6.30. The number of para-hydroxylation sites is 1. The van der Waals surface area contributed by atoms with Crippen LogP contribution in [-0.2, 0) is 6.54 Å². The Kier molecular flexibility index (Phi) is 5.45. The molecule has 0 aliphatic rings. The average Bonchev–Trinajstić information content (AvgIpc) is 2.44. The minimum Gasteiger partial charge on any atom is -0.457 e. The van der Waals surface area contributed by atoms with Gasteiger partial charge in [-0.2, -0.15) is 0 Å². The molecule has 0 atom stereocenters. The number of halogens is 1. The van der Waals surface area contributed by atoms with Gasteiger partial charge in [0.25, 0.3) is 0 Å². The summed E-state index contributed by atoms with van der Waals surface area (Å²) < 4.78 is 6.03. The second-order valence-corrected chi connectivity index (χ2v) is 5.23. The van der Waals surface area contributed by atoms with Gasteiger partial charge >= 0.3 is 0 Å². The molecule has 1 N–H and O–H groups in total. The van der Waals surface area contributed by atoms with Gasteiger partial charge in [-0.1, -0.05) is 42.8 Å². The summed E-state index contributed by atoms with van der Waals surface area (Å²) in [6.07, 6.45) is 1.11. The quantitative estimate of drug-likeness (QED) is 0.761. The van der Waals surface area contributed by atoms with Gasteiger partial charge in [-0.05, 0) is 43.7 Å². The fourth-order valence-corrected chi connectivity index (χ4v) is 2.12. The van der Waals surface area contributed by atoms with Crippen LogP contribution in [0.5, 0.6) is 11.5 Å². The second-order valence-electron chi connectivity index (χ2n) is 4.80. The third kappa shape index (κ3) is 3.99. The standard InChI is InChI=1S/C17H20ClNO/c1-3-10-19-12-14-8-9-15(18)11-17(14)20-16-7-5-4-6-13(16)2/h4-9,11,19H,3,10,12H2,1-2H3. The van der Waals surface area contributed by atoms with Crippen LogP contribution in [0.1, 0.15) is 24.5 Å². The van der Waals surface area contributed by atoms with Crippen molar-refractivity contribution in [3.8, 4) is 11.5 Å². The van der Waals surface area contributed by atoms with Gasteiger partial charge in [0.1, 0.15) is 11.5 Å². The Morgan fingerprint density at radius 1 is 1.10 bits per heavy atom. The lowest BCUT2D eigenvalue weighted by atomic mass is 10.2. The lowest BCUT2D eigenvalue weighted by molar-refractivity contribution is 0.469. The van der Waals surface area contributed by atoms with Crippen molar-refractivity contribution in [3.63, 3.8) is 0 Å². The molecule has 0 aliphatic carbocycles. The van der Waals surface area contributed by atoms with Gasteiger partial charge in [-0.3, -0.25) is 0 Å². The Hall–Kier alpha value is -1.51. The topological polar surface area (TPSA) is 21.3 Å². The third-order valence-electron chi connectivity index (χ3n) is 3.08. The summed E-state index contributed by atoms with van der Waals surface area (Å²) in [5, 5.41) is 4.08. The number of benzene rings is 2. The molecular formula is C17H20ClNO. The molecular weight excluding hydrogens is 270 g/mol. The number of hydrogen-bond acceptors (Lipinski definition) is 2. The van der Waals surface area contributed by atoms with Crippen LogP contribution in [0.3, 0.4) is 0 Å². The van der Waals surface area contributed by atoms with Gasteiger partial charge in [0.05, 0.1) is 0 Å². The van der Waals surface area contributed by atoms with Crippen LogP contribution in [0.25, 0.3) is 0 Å². The monoisotopic (exact) mass is 289 g/mol. The highest BCUT2D eigenvalue weighted by Gasteiger charge is 2.07. The van der Waals surface area contributed by atoms with E-state index in [-0.39, 0.29) is 0 Å². The van der Waals surface area contributed by atoms with Crippen LogP contribution in [0.15, 0.2) is 42.5 Å². The largest absolute Gasteiger partial charge is 0.457 e. The van der Waals surface area contributed by atoms with Crippen molar-refractivity contribution in [2.75, 3.05) is 6.54 Å². The van der Waals surface area contributed by atoms with E-state index in [4.69, 9.17) is 16.3 Å². The maximum Gasteiger partial charge on any atom is 0.133 e. The van der Waals surface area contributed by atoms with E-state index in [9.17, 15) is 0 Å². The summed E-state index contributed by atoms with van der Waals surface area (Å²) >= 11 is 6.08. The van der Waals surface area contributed by atoms with E-state index < -0.39 is 0 Å². The molecule has 0 heterocycles. The van der Waals surface area contributed by atoms with E-state index in [1.807, 2.05) is 49.4 Å². The molecule has 2 aromatic carbocycles. The summed E-state index contributed by atoms with van der Waals surface area (Å²) in [7, 11) is 0. The van der Waals surface area contributed by atoms with Crippen LogP contribution in [0.2, 0.25) is 5.02 Å². The van der Waals surface area contributed by atoms with Crippen molar-refractivity contribution < 1.29 is 4.74 Å². The Morgan fingerprint density at radius 3 is 2.65 bits per heavy atom. The molecule has 2 aromatic rings. The van der Waals surface area contributed by atoms with Gasteiger partial charge in [-0.25, -0.2) is 0 Å². The molecule has 2 nitrogen and oxygen atoms in total. The molecule has 0 unspecified atom stereocenters. The highest BCUT2D eigenvalue weighted by atomic mass is 35.5. The molecule has 0 aliphatic heterocycles. The molecule has 0 fully saturated rings. The van der Waals surface area contributed by atoms with Crippen LogP contribution in [0.4, 0.5) is 0 Å². The zero-order valence-corrected chi connectivity index (χ0v) is 12.7. The van der Waals surface area contributed by atoms with Crippen LogP contribution < -0.4 is 10.1 Å². The van der Waals surface area contributed by atoms with Crippen molar-refractivity contribution in [2.45, 2.75) is 26.8 Å². The summed E-state index contributed by atoms with van der Waals surface area (Å²) in [5.41, 5.74) is 2.23. The lowest BCUT2D eigenvalue weighted by Gasteiger charge is -2.13. The SMILES string of the molecule is CCCNCc1ccc(Cl)cc1Oc1ccccc1C. The first-order chi connectivity index (χ1) is 9.70. The van der Waals surface area contributed by atoms with Crippen molar-refractivity contribution in [2.24, 2.45) is 0 Å². The highest BCUT2D eigenvalue weighted by Crippen LogP contribution is 2.30. The molecule has 0 saturated heterocycles. The van der Waals surface area contributed by atoms with Crippen molar-refractivity contribution in [3.05, 3.63) is 58.6 Å². The number of ether oxygens (including phenoxy) is 1. The number of nitrogens with one attached hydrogen (secondary N) is 1. The zero-order valence-electron chi connectivity index (χ0n) is 11.9. The molecule has 0 saturated carbocycles. The first-order valence-corrected chi connectivity index (χ1v) is 7.31. The summed E-state index contributed by atoms with van der Waals surface area (Å²) in [6, 6.07) is 13.8. The van der Waals surface area contributed by atoms with E-state index in [1.54, 1.807) is 0 Å². The molecule has 0 aromatic heterocycles. The maximum absolute atomic E-state index is 6.08. The van der Waals surface area contributed by atoms with E-state index in [1.165, 1.54) is 0 Å². The Labute approximate surface area is 125 Å². The van der Waals surface area contributed by atoms with Gasteiger partial charge in [0.2, 0.25) is 0 Å². The van der Waals surface area contributed by atoms with Crippen molar-refractivity contribution in [1.29, 1.82) is 0 Å². The van der Waals surface area contributed by atoms with E-state index in [2.05, 4.69) is 12.2 Å². The average molecular weight is 290 g/mol. The zero-order chi connectivity index (χ0) is 14.4. The Morgan fingerprint density at radius 2 is 1.90 bits per heavy atom. The summed E-state index contributed by atoms with van der Waals surface area (Å²) in [5.74, 6) is 1.68. The predicted molar refractivity (Wildman–Crippen MR) is 84.7 cm³/mol. The minimum absolute atomic E-state index is 0.688. The fraction of sp³-hybridized carbons (Fsp3) is 0.294. The molecule has 0 spiro atoms. The van der Waals surface area contributed by atoms with Crippen LogP contribution >= 0.6 is 11.6 Å². The number of hydrogen-bond donors (Lipinski definition) is 1. The van der Waals surface area contributed by atoms with Gasteiger partial charge in [0, 0.05) is 17.1 Å². The fourth-order valence-electron chi connectivity index (χ4n) is 1.96. The number of aryl methyl sites for hydroxylation is 1. The Balaban J connectivity index is 2.21. The molecule has 20 heavy (non-hydrogen) atoms. The lowest BCUT2D eigenvalue weighted by Crippen LogP contribution is -2.14. The number of rotatable bonds is 6. The van der Waals surface area contributed by atoms with Gasteiger partial charge in [-0.15, -0.1) is 0 Å². The van der Waals surface area contributed by atoms with Crippen molar-refractivity contribution >= 4 is 11.6 Å². The van der Waals surface area contributed by atoms with Gasteiger partial charge < -0.3 is 10.1 Å². The van der Waals surface area contributed by atoms with Crippen LogP contribution in [-0.4, -0.2) is 6.54 Å². The van der Waals surface area contributed by atoms with E-state index >= 15 is 0 Å². The third-order valence-corrected chi connectivity index (χ3v) is 3.32. The van der Waals surface area contributed by atoms with Crippen molar-refractivity contribution in [1.82, 2.24) is 5.32 Å². The predicted octanol–water partition coefficient (Wildman–Crippen LogP) is 4.94. The van der Waals surface area contributed by atoms with Gasteiger partial charge in [0.15, 0.2) is 0 Å². The Bertz CT molecular complexity index is 569. The molecule has 0 bridgehead atoms. The molecule has 2 rings (SSSR count). The molecule has 0 radical (unpaired) electrons. The summed E-state index contributed by atoms with van der Waals surface area (Å²) in [6.45, 7) is 5.97.